The van der Waals surface area contributed by atoms with Gasteiger partial charge in [0.15, 0.2) is 0 Å². The van der Waals surface area contributed by atoms with Crippen LogP contribution < -0.4 is 9.64 Å². The molecule has 2 nitrogen and oxygen atoms in total. The first-order valence-electron chi connectivity index (χ1n) is 16.3. The third kappa shape index (κ3) is 5.01. The normalized spacial score (nSPS) is 11.5. The zero-order chi connectivity index (χ0) is 31.9. The Morgan fingerprint density at radius 3 is 1.56 bits per heavy atom. The Balaban J connectivity index is 1.07. The lowest BCUT2D eigenvalue weighted by Gasteiger charge is -2.26. The van der Waals surface area contributed by atoms with Gasteiger partial charge < -0.3 is 9.64 Å². The van der Waals surface area contributed by atoms with Crippen molar-refractivity contribution in [1.82, 2.24) is 0 Å². The molecule has 0 N–H and O–H groups in total. The fraction of sp³-hybridized carbons (Fsp3) is 0. The lowest BCUT2D eigenvalue weighted by molar-refractivity contribution is 0.487. The van der Waals surface area contributed by atoms with E-state index in [1.807, 2.05) is 0 Å². The molecule has 0 unspecified atom stereocenters. The van der Waals surface area contributed by atoms with Crippen molar-refractivity contribution in [3.05, 3.63) is 188 Å². The first-order valence-corrected chi connectivity index (χ1v) is 16.3. The molecule has 0 fully saturated rings. The van der Waals surface area contributed by atoms with Crippen molar-refractivity contribution in [2.24, 2.45) is 0 Å². The Morgan fingerprint density at radius 2 is 0.833 bits per heavy atom. The van der Waals surface area contributed by atoms with Gasteiger partial charge in [0.25, 0.3) is 0 Å². The zero-order valence-corrected chi connectivity index (χ0v) is 26.3. The van der Waals surface area contributed by atoms with Gasteiger partial charge in [0, 0.05) is 28.0 Å². The van der Waals surface area contributed by atoms with Crippen LogP contribution in [0.15, 0.2) is 188 Å². The van der Waals surface area contributed by atoms with Crippen LogP contribution in [0.4, 0.5) is 17.1 Å². The molecule has 1 aliphatic rings. The number of hydrogen-bond donors (Lipinski definition) is 0. The van der Waals surface area contributed by atoms with E-state index < -0.39 is 0 Å². The molecule has 2 heteroatoms. The standard InChI is InChI=1S/C46H31NO/c1-3-10-32(11-4-1)33-20-22-34(23-21-33)35-24-27-40(28-25-35)47(39-15-5-2-6-16-39)41-17-7-14-37(30-41)38-26-29-44-43(31-38)42-18-8-12-36-13-9-19-45(48-44)46(36)42/h1-31H. The van der Waals surface area contributed by atoms with Gasteiger partial charge in [0.1, 0.15) is 11.5 Å². The van der Waals surface area contributed by atoms with Gasteiger partial charge in [0.05, 0.1) is 0 Å². The highest BCUT2D eigenvalue weighted by Crippen LogP contribution is 2.48. The average Bonchev–Trinajstić information content (AvgIpc) is 3.16. The summed E-state index contributed by atoms with van der Waals surface area (Å²) in [6, 6.07) is 66.9. The summed E-state index contributed by atoms with van der Waals surface area (Å²) in [7, 11) is 0. The van der Waals surface area contributed by atoms with E-state index in [1.165, 1.54) is 38.6 Å². The fourth-order valence-corrected chi connectivity index (χ4v) is 6.88. The van der Waals surface area contributed by atoms with Crippen LogP contribution in [0.25, 0.3) is 55.3 Å². The highest BCUT2D eigenvalue weighted by molar-refractivity contribution is 6.04. The van der Waals surface area contributed by atoms with Crippen LogP contribution in [-0.2, 0) is 0 Å². The number of rotatable bonds is 6. The maximum atomic E-state index is 6.38. The second-order valence-electron chi connectivity index (χ2n) is 12.2. The first kappa shape index (κ1) is 27.9. The van der Waals surface area contributed by atoms with Crippen LogP contribution in [0, 0.1) is 0 Å². The summed E-state index contributed by atoms with van der Waals surface area (Å²) >= 11 is 0. The molecule has 1 aliphatic heterocycles. The number of nitrogens with zero attached hydrogens (tertiary/aromatic N) is 1. The molecule has 0 radical (unpaired) electrons. The van der Waals surface area contributed by atoms with Crippen LogP contribution in [0.2, 0.25) is 0 Å². The average molecular weight is 614 g/mol. The number of benzene rings is 8. The molecule has 0 aliphatic carbocycles. The number of ether oxygens (including phenoxy) is 1. The lowest BCUT2D eigenvalue weighted by Crippen LogP contribution is -2.09. The van der Waals surface area contributed by atoms with Crippen molar-refractivity contribution in [3.63, 3.8) is 0 Å². The van der Waals surface area contributed by atoms with Gasteiger partial charge in [-0.1, -0.05) is 133 Å². The van der Waals surface area contributed by atoms with Gasteiger partial charge in [0.2, 0.25) is 0 Å². The minimum absolute atomic E-state index is 0.891. The van der Waals surface area contributed by atoms with E-state index in [9.17, 15) is 0 Å². The molecule has 0 amide bonds. The molecule has 0 aromatic heterocycles. The lowest BCUT2D eigenvalue weighted by atomic mass is 9.92. The smallest absolute Gasteiger partial charge is 0.135 e. The fourth-order valence-electron chi connectivity index (χ4n) is 6.88. The van der Waals surface area contributed by atoms with E-state index in [0.29, 0.717) is 0 Å². The predicted octanol–water partition coefficient (Wildman–Crippen LogP) is 13.1. The van der Waals surface area contributed by atoms with E-state index in [-0.39, 0.29) is 0 Å². The van der Waals surface area contributed by atoms with E-state index in [4.69, 9.17) is 4.74 Å². The molecular formula is C46H31NO. The highest BCUT2D eigenvalue weighted by Gasteiger charge is 2.21. The van der Waals surface area contributed by atoms with E-state index >= 15 is 0 Å². The summed E-state index contributed by atoms with van der Waals surface area (Å²) in [6.45, 7) is 0. The van der Waals surface area contributed by atoms with Gasteiger partial charge in [-0.15, -0.1) is 0 Å². The number of fused-ring (bicyclic) bond motifs is 2. The van der Waals surface area contributed by atoms with Crippen molar-refractivity contribution in [2.75, 3.05) is 4.90 Å². The molecule has 0 atom stereocenters. The summed E-state index contributed by atoms with van der Waals surface area (Å²) in [4.78, 5) is 2.32. The molecule has 0 saturated heterocycles. The summed E-state index contributed by atoms with van der Waals surface area (Å²) in [5.41, 5.74) is 12.8. The molecular weight excluding hydrogens is 583 g/mol. The molecule has 226 valence electrons. The molecule has 9 rings (SSSR count). The molecule has 48 heavy (non-hydrogen) atoms. The maximum absolute atomic E-state index is 6.38. The summed E-state index contributed by atoms with van der Waals surface area (Å²) in [5.74, 6) is 1.81. The molecule has 8 aromatic rings. The number of para-hydroxylation sites is 1. The Kier molecular flexibility index (Phi) is 6.84. The molecule has 0 bridgehead atoms. The number of anilines is 3. The summed E-state index contributed by atoms with van der Waals surface area (Å²) < 4.78 is 6.38. The van der Waals surface area contributed by atoms with Gasteiger partial charge in [-0.2, -0.15) is 0 Å². The monoisotopic (exact) mass is 613 g/mol. The van der Waals surface area contributed by atoms with Crippen LogP contribution in [-0.4, -0.2) is 0 Å². The maximum Gasteiger partial charge on any atom is 0.135 e. The second kappa shape index (κ2) is 11.8. The van der Waals surface area contributed by atoms with Crippen molar-refractivity contribution < 1.29 is 4.74 Å². The molecule has 0 saturated carbocycles. The first-order chi connectivity index (χ1) is 23.8. The predicted molar refractivity (Wildman–Crippen MR) is 200 cm³/mol. The molecule has 1 heterocycles. The van der Waals surface area contributed by atoms with Crippen LogP contribution in [0.3, 0.4) is 0 Å². The topological polar surface area (TPSA) is 12.5 Å². The summed E-state index contributed by atoms with van der Waals surface area (Å²) in [6.07, 6.45) is 0. The van der Waals surface area contributed by atoms with Gasteiger partial charge in [-0.05, 0) is 98.9 Å². The SMILES string of the molecule is c1ccc(-c2ccc(-c3ccc(N(c4ccccc4)c4cccc(-c5ccc6c(c5)-c5cccc7cccc(c57)O6)c4)cc3)cc2)cc1. The third-order valence-electron chi connectivity index (χ3n) is 9.26. The van der Waals surface area contributed by atoms with Gasteiger partial charge in [-0.3, -0.25) is 0 Å². The van der Waals surface area contributed by atoms with Crippen molar-refractivity contribution in [3.8, 4) is 56.0 Å². The highest BCUT2D eigenvalue weighted by atomic mass is 16.5. The Morgan fingerprint density at radius 1 is 0.312 bits per heavy atom. The van der Waals surface area contributed by atoms with Gasteiger partial charge in [-0.25, -0.2) is 0 Å². The Labute approximate surface area is 280 Å². The minimum atomic E-state index is 0.891. The molecule has 8 aromatic carbocycles. The van der Waals surface area contributed by atoms with E-state index in [0.717, 1.165) is 45.3 Å². The van der Waals surface area contributed by atoms with Crippen molar-refractivity contribution in [2.45, 2.75) is 0 Å². The number of hydrogen-bond acceptors (Lipinski definition) is 2. The Hall–Kier alpha value is -6.38. The third-order valence-corrected chi connectivity index (χ3v) is 9.26. The van der Waals surface area contributed by atoms with Crippen molar-refractivity contribution >= 4 is 27.8 Å². The van der Waals surface area contributed by atoms with E-state index in [1.54, 1.807) is 0 Å². The Bertz CT molecular complexity index is 2390. The quantitative estimate of drug-likeness (QED) is 0.185. The second-order valence-corrected chi connectivity index (χ2v) is 12.2. The van der Waals surface area contributed by atoms with Crippen molar-refractivity contribution in [1.29, 1.82) is 0 Å². The minimum Gasteiger partial charge on any atom is -0.456 e. The van der Waals surface area contributed by atoms with Gasteiger partial charge >= 0.3 is 0 Å². The largest absolute Gasteiger partial charge is 0.456 e. The van der Waals surface area contributed by atoms with E-state index in [2.05, 4.69) is 193 Å². The zero-order valence-electron chi connectivity index (χ0n) is 26.3. The van der Waals surface area contributed by atoms with Crippen LogP contribution >= 0.6 is 0 Å². The molecule has 0 spiro atoms. The summed E-state index contributed by atoms with van der Waals surface area (Å²) in [5, 5.41) is 2.36. The van der Waals surface area contributed by atoms with Crippen LogP contribution in [0.5, 0.6) is 11.5 Å². The van der Waals surface area contributed by atoms with Crippen LogP contribution in [0.1, 0.15) is 0 Å².